The Balaban J connectivity index is 1.56. The van der Waals surface area contributed by atoms with Crippen molar-refractivity contribution in [3.63, 3.8) is 0 Å². The summed E-state index contributed by atoms with van der Waals surface area (Å²) >= 11 is 0. The third-order valence-electron chi connectivity index (χ3n) is 6.53. The summed E-state index contributed by atoms with van der Waals surface area (Å²) in [5.74, 6) is 4.85. The highest BCUT2D eigenvalue weighted by molar-refractivity contribution is 5.00. The van der Waals surface area contributed by atoms with Crippen molar-refractivity contribution in [1.82, 2.24) is 5.32 Å². The Morgan fingerprint density at radius 2 is 1.40 bits per heavy atom. The predicted molar refractivity (Wildman–Crippen MR) is 86.8 cm³/mol. The van der Waals surface area contributed by atoms with Gasteiger partial charge in [-0.25, -0.2) is 0 Å². The van der Waals surface area contributed by atoms with Gasteiger partial charge >= 0.3 is 0 Å². The van der Waals surface area contributed by atoms with Crippen LogP contribution in [0.25, 0.3) is 0 Å². The summed E-state index contributed by atoms with van der Waals surface area (Å²) in [6.45, 7) is 8.71. The maximum atomic E-state index is 4.11. The summed E-state index contributed by atoms with van der Waals surface area (Å²) in [6, 6.07) is 0. The monoisotopic (exact) mass is 277 g/mol. The normalized spacial score (nSPS) is 49.0. The van der Waals surface area contributed by atoms with E-state index < -0.39 is 0 Å². The molecule has 3 rings (SSSR count). The first-order valence-corrected chi connectivity index (χ1v) is 9.30. The third-order valence-corrected chi connectivity index (χ3v) is 6.53. The fourth-order valence-corrected chi connectivity index (χ4v) is 5.81. The molecule has 1 N–H and O–H groups in total. The van der Waals surface area contributed by atoms with Crippen LogP contribution in [0.15, 0.2) is 0 Å². The van der Waals surface area contributed by atoms with Gasteiger partial charge in [0.05, 0.1) is 0 Å². The molecule has 0 aromatic carbocycles. The lowest BCUT2D eigenvalue weighted by Gasteiger charge is -2.51. The number of rotatable bonds is 3. The fourth-order valence-electron chi connectivity index (χ4n) is 5.81. The van der Waals surface area contributed by atoms with Crippen LogP contribution < -0.4 is 5.32 Å². The molecule has 3 fully saturated rings. The lowest BCUT2D eigenvalue weighted by molar-refractivity contribution is 0.0505. The van der Waals surface area contributed by atoms with Crippen LogP contribution in [0.1, 0.15) is 78.6 Å². The molecule has 0 radical (unpaired) electrons. The van der Waals surface area contributed by atoms with E-state index in [-0.39, 0.29) is 0 Å². The third kappa shape index (κ3) is 3.40. The molecular formula is C19H35N. The van der Waals surface area contributed by atoms with E-state index in [1.165, 1.54) is 64.3 Å². The quantitative estimate of drug-likeness (QED) is 0.765. The van der Waals surface area contributed by atoms with Crippen LogP contribution in [0, 0.1) is 29.6 Å². The van der Waals surface area contributed by atoms with Gasteiger partial charge in [0, 0.05) is 5.54 Å². The van der Waals surface area contributed by atoms with Gasteiger partial charge in [0.15, 0.2) is 0 Å². The van der Waals surface area contributed by atoms with Gasteiger partial charge in [0.1, 0.15) is 0 Å². The highest BCUT2D eigenvalue weighted by atomic mass is 15.0. The van der Waals surface area contributed by atoms with Gasteiger partial charge in [-0.2, -0.15) is 0 Å². The highest BCUT2D eigenvalue weighted by Crippen LogP contribution is 2.47. The van der Waals surface area contributed by atoms with Crippen molar-refractivity contribution in [1.29, 1.82) is 0 Å². The van der Waals surface area contributed by atoms with Gasteiger partial charge in [-0.3, -0.25) is 0 Å². The number of hydrogen-bond acceptors (Lipinski definition) is 1. The topological polar surface area (TPSA) is 12.0 Å². The minimum atomic E-state index is 0.517. The molecule has 2 atom stereocenters. The lowest BCUT2D eigenvalue weighted by atomic mass is 9.61. The smallest absolute Gasteiger partial charge is 0.0189 e. The minimum Gasteiger partial charge on any atom is -0.311 e. The van der Waals surface area contributed by atoms with Crippen molar-refractivity contribution in [2.45, 2.75) is 84.1 Å². The van der Waals surface area contributed by atoms with Crippen LogP contribution in [0.2, 0.25) is 0 Å². The molecule has 1 heteroatoms. The maximum absolute atomic E-state index is 4.11. The van der Waals surface area contributed by atoms with Crippen LogP contribution >= 0.6 is 0 Å². The van der Waals surface area contributed by atoms with Gasteiger partial charge < -0.3 is 5.32 Å². The summed E-state index contributed by atoms with van der Waals surface area (Å²) in [5, 5.41) is 4.11. The van der Waals surface area contributed by atoms with Gasteiger partial charge in [-0.1, -0.05) is 33.6 Å². The Kier molecular flexibility index (Phi) is 4.45. The molecule has 3 aliphatic rings. The fraction of sp³-hybridized carbons (Fsp3) is 1.00. The van der Waals surface area contributed by atoms with E-state index in [0.717, 1.165) is 29.6 Å². The molecule has 1 nitrogen and oxygen atoms in total. The second-order valence-corrected chi connectivity index (χ2v) is 8.95. The Bertz CT molecular complexity index is 296. The minimum absolute atomic E-state index is 0.517. The highest BCUT2D eigenvalue weighted by Gasteiger charge is 2.44. The van der Waals surface area contributed by atoms with E-state index in [4.69, 9.17) is 0 Å². The van der Waals surface area contributed by atoms with Crippen molar-refractivity contribution in [2.24, 2.45) is 29.6 Å². The molecular weight excluding hydrogens is 242 g/mol. The zero-order chi connectivity index (χ0) is 14.2. The van der Waals surface area contributed by atoms with Gasteiger partial charge in [-0.15, -0.1) is 0 Å². The molecule has 3 saturated carbocycles. The van der Waals surface area contributed by atoms with Crippen molar-refractivity contribution >= 4 is 0 Å². The first-order chi connectivity index (χ1) is 9.55. The van der Waals surface area contributed by atoms with Crippen LogP contribution in [-0.2, 0) is 0 Å². The second kappa shape index (κ2) is 5.99. The second-order valence-electron chi connectivity index (χ2n) is 8.95. The standard InChI is InChI=1S/C19H35N/c1-14-4-6-17(7-5-14)13-20-19-10-15(2)8-18(12-19)9-16(3)11-19/h14-18,20H,4-13H2,1-3H3. The van der Waals surface area contributed by atoms with Gasteiger partial charge in [0.25, 0.3) is 0 Å². The Morgan fingerprint density at radius 1 is 0.800 bits per heavy atom. The molecule has 2 bridgehead atoms. The first-order valence-electron chi connectivity index (χ1n) is 9.30. The van der Waals surface area contributed by atoms with Gasteiger partial charge in [0.2, 0.25) is 0 Å². The predicted octanol–water partition coefficient (Wildman–Crippen LogP) is 5.01. The van der Waals surface area contributed by atoms with E-state index in [2.05, 4.69) is 26.1 Å². The molecule has 0 heterocycles. The maximum Gasteiger partial charge on any atom is 0.0189 e. The Hall–Kier alpha value is -0.0400. The molecule has 20 heavy (non-hydrogen) atoms. The van der Waals surface area contributed by atoms with E-state index >= 15 is 0 Å². The SMILES string of the molecule is CC1CCC(CNC23CC(C)CC(CC(C)C2)C3)CC1. The van der Waals surface area contributed by atoms with Crippen LogP contribution in [-0.4, -0.2) is 12.1 Å². The van der Waals surface area contributed by atoms with Crippen molar-refractivity contribution < 1.29 is 0 Å². The van der Waals surface area contributed by atoms with Crippen LogP contribution in [0.5, 0.6) is 0 Å². The molecule has 0 aliphatic heterocycles. The van der Waals surface area contributed by atoms with Crippen LogP contribution in [0.3, 0.4) is 0 Å². The summed E-state index contributed by atoms with van der Waals surface area (Å²) in [6.07, 6.45) is 13.2. The molecule has 0 spiro atoms. The van der Waals surface area contributed by atoms with Crippen molar-refractivity contribution in [3.05, 3.63) is 0 Å². The largest absolute Gasteiger partial charge is 0.311 e. The first kappa shape index (κ1) is 14.9. The average Bonchev–Trinajstić information content (AvgIpc) is 2.36. The number of nitrogens with one attached hydrogen (secondary N) is 1. The average molecular weight is 277 g/mol. The van der Waals surface area contributed by atoms with Crippen molar-refractivity contribution in [2.75, 3.05) is 6.54 Å². The molecule has 0 amide bonds. The van der Waals surface area contributed by atoms with E-state index in [1.807, 2.05) is 0 Å². The zero-order valence-corrected chi connectivity index (χ0v) is 14.0. The molecule has 0 saturated heterocycles. The number of hydrogen-bond donors (Lipinski definition) is 1. The summed E-state index contributed by atoms with van der Waals surface area (Å²) in [5.41, 5.74) is 0.517. The lowest BCUT2D eigenvalue weighted by Crippen LogP contribution is -2.55. The zero-order valence-electron chi connectivity index (χ0n) is 14.0. The van der Waals surface area contributed by atoms with E-state index in [1.54, 1.807) is 0 Å². The summed E-state index contributed by atoms with van der Waals surface area (Å²) in [4.78, 5) is 0. The van der Waals surface area contributed by atoms with Gasteiger partial charge in [-0.05, 0) is 81.1 Å². The van der Waals surface area contributed by atoms with Crippen molar-refractivity contribution in [3.8, 4) is 0 Å². The van der Waals surface area contributed by atoms with Crippen LogP contribution in [0.4, 0.5) is 0 Å². The van der Waals surface area contributed by atoms with E-state index in [0.29, 0.717) is 5.54 Å². The Morgan fingerprint density at radius 3 is 2.00 bits per heavy atom. The molecule has 0 aromatic heterocycles. The number of fused-ring (bicyclic) bond motifs is 2. The molecule has 0 aromatic rings. The molecule has 3 aliphatic carbocycles. The summed E-state index contributed by atoms with van der Waals surface area (Å²) in [7, 11) is 0. The molecule has 2 unspecified atom stereocenters. The summed E-state index contributed by atoms with van der Waals surface area (Å²) < 4.78 is 0. The Labute approximate surface area is 126 Å². The molecule has 116 valence electrons. The van der Waals surface area contributed by atoms with E-state index in [9.17, 15) is 0 Å².